The first-order chi connectivity index (χ1) is 4.22. The van der Waals surface area contributed by atoms with Crippen molar-refractivity contribution in [2.24, 2.45) is 17.6 Å². The lowest BCUT2D eigenvalue weighted by Crippen LogP contribution is -2.12. The Balaban J connectivity index is 3.41. The van der Waals surface area contributed by atoms with E-state index in [1.807, 2.05) is 0 Å². The third-order valence-corrected chi connectivity index (χ3v) is 2.00. The molecule has 0 unspecified atom stereocenters. The molecule has 0 saturated carbocycles. The van der Waals surface area contributed by atoms with Crippen molar-refractivity contribution in [1.29, 1.82) is 0 Å². The van der Waals surface area contributed by atoms with Crippen LogP contribution in [-0.2, 0) is 0 Å². The topological polar surface area (TPSA) is 26.0 Å². The van der Waals surface area contributed by atoms with E-state index >= 15 is 0 Å². The van der Waals surface area contributed by atoms with Gasteiger partial charge in [-0.25, -0.2) is 0 Å². The third-order valence-electron chi connectivity index (χ3n) is 2.00. The maximum atomic E-state index is 5.44. The molecule has 0 rings (SSSR count). The van der Waals surface area contributed by atoms with Crippen LogP contribution < -0.4 is 5.73 Å². The number of hydrogen-bond donors (Lipinski definition) is 1. The van der Waals surface area contributed by atoms with Crippen LogP contribution in [0.25, 0.3) is 0 Å². The van der Waals surface area contributed by atoms with E-state index in [1.165, 1.54) is 12.8 Å². The molecule has 9 heavy (non-hydrogen) atoms. The standard InChI is InChI=1S/C8H19N/c1-4-8(5-6-9)7(2)3/h7-8H,4-6,9H2,1-3H3/t8-/m0/s1. The lowest BCUT2D eigenvalue weighted by atomic mass is 9.90. The van der Waals surface area contributed by atoms with Crippen molar-refractivity contribution in [2.45, 2.75) is 33.6 Å². The molecule has 0 saturated heterocycles. The van der Waals surface area contributed by atoms with E-state index in [-0.39, 0.29) is 0 Å². The minimum absolute atomic E-state index is 0.804. The molecule has 0 aliphatic carbocycles. The first-order valence-electron chi connectivity index (χ1n) is 3.92. The summed E-state index contributed by atoms with van der Waals surface area (Å²) in [4.78, 5) is 0. The minimum atomic E-state index is 0.804. The van der Waals surface area contributed by atoms with Crippen LogP contribution >= 0.6 is 0 Å². The first-order valence-corrected chi connectivity index (χ1v) is 3.92. The van der Waals surface area contributed by atoms with Gasteiger partial charge >= 0.3 is 0 Å². The summed E-state index contributed by atoms with van der Waals surface area (Å²) in [6, 6.07) is 0. The molecule has 1 heteroatoms. The molecule has 0 aromatic heterocycles. The van der Waals surface area contributed by atoms with E-state index in [0.717, 1.165) is 18.4 Å². The van der Waals surface area contributed by atoms with Gasteiger partial charge in [0.1, 0.15) is 0 Å². The molecule has 0 bridgehead atoms. The second-order valence-corrected chi connectivity index (χ2v) is 2.99. The quantitative estimate of drug-likeness (QED) is 0.617. The summed E-state index contributed by atoms with van der Waals surface area (Å²) in [5.41, 5.74) is 5.44. The lowest BCUT2D eigenvalue weighted by Gasteiger charge is -2.16. The highest BCUT2D eigenvalue weighted by atomic mass is 14.5. The van der Waals surface area contributed by atoms with Crippen LogP contribution in [0.1, 0.15) is 33.6 Å². The highest BCUT2D eigenvalue weighted by Gasteiger charge is 2.08. The lowest BCUT2D eigenvalue weighted by molar-refractivity contribution is 0.354. The summed E-state index contributed by atoms with van der Waals surface area (Å²) < 4.78 is 0. The van der Waals surface area contributed by atoms with Crippen molar-refractivity contribution in [3.8, 4) is 0 Å². The smallest absolute Gasteiger partial charge is 0.00745 e. The second-order valence-electron chi connectivity index (χ2n) is 2.99. The minimum Gasteiger partial charge on any atom is -0.330 e. The molecule has 1 nitrogen and oxygen atoms in total. The van der Waals surface area contributed by atoms with E-state index in [1.54, 1.807) is 0 Å². The Bertz CT molecular complexity index is 59.6. The average Bonchev–Trinajstić information content (AvgIpc) is 1.82. The Morgan fingerprint density at radius 3 is 2.00 bits per heavy atom. The summed E-state index contributed by atoms with van der Waals surface area (Å²) in [6.45, 7) is 7.62. The zero-order valence-corrected chi connectivity index (χ0v) is 6.85. The Labute approximate surface area is 58.6 Å². The summed E-state index contributed by atoms with van der Waals surface area (Å²) in [6.07, 6.45) is 2.46. The van der Waals surface area contributed by atoms with Gasteiger partial charge in [0.2, 0.25) is 0 Å². The molecular formula is C8H19N. The molecule has 0 amide bonds. The van der Waals surface area contributed by atoms with Crippen LogP contribution in [0, 0.1) is 11.8 Å². The molecular weight excluding hydrogens is 110 g/mol. The van der Waals surface area contributed by atoms with E-state index in [9.17, 15) is 0 Å². The molecule has 0 spiro atoms. The van der Waals surface area contributed by atoms with Gasteiger partial charge in [-0.15, -0.1) is 0 Å². The zero-order valence-electron chi connectivity index (χ0n) is 6.85. The van der Waals surface area contributed by atoms with Crippen LogP contribution in [0.3, 0.4) is 0 Å². The molecule has 0 fully saturated rings. The third kappa shape index (κ3) is 3.52. The highest BCUT2D eigenvalue weighted by Crippen LogP contribution is 2.17. The maximum Gasteiger partial charge on any atom is -0.00745 e. The summed E-state index contributed by atoms with van der Waals surface area (Å²) in [5.74, 6) is 1.65. The van der Waals surface area contributed by atoms with Gasteiger partial charge in [-0.3, -0.25) is 0 Å². The fourth-order valence-electron chi connectivity index (χ4n) is 1.22. The molecule has 0 heterocycles. The fraction of sp³-hybridized carbons (Fsp3) is 1.00. The van der Waals surface area contributed by atoms with Crippen molar-refractivity contribution in [3.63, 3.8) is 0 Å². The van der Waals surface area contributed by atoms with E-state index in [0.29, 0.717) is 0 Å². The zero-order chi connectivity index (χ0) is 7.28. The van der Waals surface area contributed by atoms with Gasteiger partial charge in [0.05, 0.1) is 0 Å². The Morgan fingerprint density at radius 1 is 1.33 bits per heavy atom. The van der Waals surface area contributed by atoms with Crippen LogP contribution in [0.2, 0.25) is 0 Å². The van der Waals surface area contributed by atoms with Crippen molar-refractivity contribution < 1.29 is 0 Å². The summed E-state index contributed by atoms with van der Waals surface area (Å²) in [7, 11) is 0. The van der Waals surface area contributed by atoms with E-state index < -0.39 is 0 Å². The van der Waals surface area contributed by atoms with Gasteiger partial charge < -0.3 is 5.73 Å². The van der Waals surface area contributed by atoms with Crippen molar-refractivity contribution in [1.82, 2.24) is 0 Å². The Hall–Kier alpha value is -0.0400. The predicted octanol–water partition coefficient (Wildman–Crippen LogP) is 2.02. The number of nitrogens with two attached hydrogens (primary N) is 1. The van der Waals surface area contributed by atoms with Crippen molar-refractivity contribution in [2.75, 3.05) is 6.54 Å². The predicted molar refractivity (Wildman–Crippen MR) is 42.3 cm³/mol. The number of hydrogen-bond acceptors (Lipinski definition) is 1. The van der Waals surface area contributed by atoms with E-state index in [4.69, 9.17) is 5.73 Å². The van der Waals surface area contributed by atoms with Gasteiger partial charge in [-0.05, 0) is 24.8 Å². The highest BCUT2D eigenvalue weighted by molar-refractivity contribution is 4.60. The average molecular weight is 129 g/mol. The van der Waals surface area contributed by atoms with Crippen LogP contribution in [0.4, 0.5) is 0 Å². The van der Waals surface area contributed by atoms with Gasteiger partial charge in [0, 0.05) is 0 Å². The normalized spacial score (nSPS) is 14.3. The monoisotopic (exact) mass is 129 g/mol. The van der Waals surface area contributed by atoms with Gasteiger partial charge in [0.25, 0.3) is 0 Å². The molecule has 0 aromatic rings. The van der Waals surface area contributed by atoms with E-state index in [2.05, 4.69) is 20.8 Å². The molecule has 0 aliphatic heterocycles. The Morgan fingerprint density at radius 2 is 1.89 bits per heavy atom. The number of rotatable bonds is 4. The van der Waals surface area contributed by atoms with Crippen LogP contribution in [0.15, 0.2) is 0 Å². The molecule has 2 N–H and O–H groups in total. The molecule has 56 valence electrons. The van der Waals surface area contributed by atoms with Crippen LogP contribution in [-0.4, -0.2) is 6.54 Å². The first kappa shape index (κ1) is 8.96. The van der Waals surface area contributed by atoms with Crippen molar-refractivity contribution in [3.05, 3.63) is 0 Å². The largest absolute Gasteiger partial charge is 0.330 e. The molecule has 0 aromatic carbocycles. The van der Waals surface area contributed by atoms with Gasteiger partial charge in [-0.2, -0.15) is 0 Å². The SMILES string of the molecule is CC[C@@H](CCN)C(C)C. The van der Waals surface area contributed by atoms with Gasteiger partial charge in [0.15, 0.2) is 0 Å². The maximum absolute atomic E-state index is 5.44. The summed E-state index contributed by atoms with van der Waals surface area (Å²) >= 11 is 0. The molecule has 1 atom stereocenters. The van der Waals surface area contributed by atoms with Crippen LogP contribution in [0.5, 0.6) is 0 Å². The Kier molecular flexibility index (Phi) is 4.78. The van der Waals surface area contributed by atoms with Crippen molar-refractivity contribution >= 4 is 0 Å². The second kappa shape index (κ2) is 4.80. The molecule has 0 aliphatic rings. The molecule has 0 radical (unpaired) electrons. The van der Waals surface area contributed by atoms with Gasteiger partial charge in [-0.1, -0.05) is 27.2 Å². The summed E-state index contributed by atoms with van der Waals surface area (Å²) in [5, 5.41) is 0. The fourth-order valence-corrected chi connectivity index (χ4v) is 1.22.